The molecular formula is C12H12N2NaO3. The molecule has 1 aliphatic rings. The Bertz CT molecular complexity index is 467. The predicted octanol–water partition coefficient (Wildman–Crippen LogP) is 0.320. The van der Waals surface area contributed by atoms with E-state index in [4.69, 9.17) is 0 Å². The summed E-state index contributed by atoms with van der Waals surface area (Å²) in [5.74, 6) is -1.14. The fourth-order valence-electron chi connectivity index (χ4n) is 2.06. The van der Waals surface area contributed by atoms with Gasteiger partial charge in [-0.1, -0.05) is 37.3 Å². The van der Waals surface area contributed by atoms with Crippen LogP contribution in [-0.2, 0) is 15.0 Å². The number of hydrogen-bond donors (Lipinski definition) is 2. The van der Waals surface area contributed by atoms with Gasteiger partial charge in [0, 0.05) is 29.6 Å². The van der Waals surface area contributed by atoms with Crippen LogP contribution >= 0.6 is 0 Å². The number of benzene rings is 1. The van der Waals surface area contributed by atoms with Crippen LogP contribution in [0.4, 0.5) is 4.79 Å². The Morgan fingerprint density at radius 1 is 1.00 bits per heavy atom. The summed E-state index contributed by atoms with van der Waals surface area (Å²) in [5, 5.41) is 4.28. The van der Waals surface area contributed by atoms with Crippen molar-refractivity contribution < 1.29 is 14.4 Å². The summed E-state index contributed by atoms with van der Waals surface area (Å²) in [4.78, 5) is 35.0. The van der Waals surface area contributed by atoms with E-state index >= 15 is 0 Å². The Morgan fingerprint density at radius 2 is 1.50 bits per heavy atom. The van der Waals surface area contributed by atoms with E-state index in [1.54, 1.807) is 37.3 Å². The van der Waals surface area contributed by atoms with E-state index in [0.29, 0.717) is 12.0 Å². The van der Waals surface area contributed by atoms with Crippen molar-refractivity contribution >= 4 is 47.4 Å². The van der Waals surface area contributed by atoms with Gasteiger partial charge in [0.15, 0.2) is 5.41 Å². The van der Waals surface area contributed by atoms with Crippen LogP contribution in [0.2, 0.25) is 0 Å². The van der Waals surface area contributed by atoms with Gasteiger partial charge < -0.3 is 0 Å². The fraction of sp³-hybridized carbons (Fsp3) is 0.250. The zero-order valence-electron chi connectivity index (χ0n) is 10.3. The molecule has 6 heteroatoms. The maximum Gasteiger partial charge on any atom is 0.328 e. The largest absolute Gasteiger partial charge is 0.328 e. The van der Waals surface area contributed by atoms with Gasteiger partial charge in [-0.15, -0.1) is 0 Å². The Labute approximate surface area is 127 Å². The number of carbonyl (C=O) groups is 3. The number of hydrogen-bond acceptors (Lipinski definition) is 3. The molecule has 0 aliphatic carbocycles. The van der Waals surface area contributed by atoms with Gasteiger partial charge in [-0.3, -0.25) is 20.2 Å². The van der Waals surface area contributed by atoms with Crippen LogP contribution in [0.25, 0.3) is 0 Å². The summed E-state index contributed by atoms with van der Waals surface area (Å²) in [5.41, 5.74) is -0.722. The molecule has 18 heavy (non-hydrogen) atoms. The number of urea groups is 1. The van der Waals surface area contributed by atoms with Crippen LogP contribution in [-0.4, -0.2) is 47.4 Å². The van der Waals surface area contributed by atoms with E-state index in [2.05, 4.69) is 10.6 Å². The van der Waals surface area contributed by atoms with Crippen LogP contribution in [0.5, 0.6) is 0 Å². The predicted molar refractivity (Wildman–Crippen MR) is 65.8 cm³/mol. The first-order valence-electron chi connectivity index (χ1n) is 5.33. The molecule has 0 bridgehead atoms. The van der Waals surface area contributed by atoms with Crippen molar-refractivity contribution in [2.75, 3.05) is 0 Å². The monoisotopic (exact) mass is 255 g/mol. The molecule has 4 amide bonds. The molecule has 89 valence electrons. The van der Waals surface area contributed by atoms with E-state index in [0.717, 1.165) is 0 Å². The second-order valence-corrected chi connectivity index (χ2v) is 3.86. The van der Waals surface area contributed by atoms with E-state index in [-0.39, 0.29) is 29.6 Å². The summed E-state index contributed by atoms with van der Waals surface area (Å²) in [6, 6.07) is 7.96. The zero-order valence-corrected chi connectivity index (χ0v) is 12.3. The Hall–Kier alpha value is -1.17. The zero-order chi connectivity index (χ0) is 12.5. The van der Waals surface area contributed by atoms with Crippen molar-refractivity contribution in [3.63, 3.8) is 0 Å². The van der Waals surface area contributed by atoms with E-state index < -0.39 is 23.3 Å². The molecule has 1 radical (unpaired) electrons. The van der Waals surface area contributed by atoms with E-state index in [1.165, 1.54) is 0 Å². The molecule has 1 aromatic rings. The number of imide groups is 2. The Kier molecular flexibility index (Phi) is 4.67. The average Bonchev–Trinajstić information content (AvgIpc) is 2.30. The maximum atomic E-state index is 12.0. The summed E-state index contributed by atoms with van der Waals surface area (Å²) >= 11 is 0. The van der Waals surface area contributed by atoms with Gasteiger partial charge in [0.1, 0.15) is 0 Å². The van der Waals surface area contributed by atoms with Crippen LogP contribution < -0.4 is 10.6 Å². The third-order valence-corrected chi connectivity index (χ3v) is 3.03. The van der Waals surface area contributed by atoms with Crippen LogP contribution in [0, 0.1) is 0 Å². The van der Waals surface area contributed by atoms with Gasteiger partial charge >= 0.3 is 6.03 Å². The number of carbonyl (C=O) groups excluding carboxylic acids is 3. The molecule has 1 aromatic carbocycles. The minimum absolute atomic E-state index is 0. The van der Waals surface area contributed by atoms with Crippen molar-refractivity contribution in [3.05, 3.63) is 35.9 Å². The van der Waals surface area contributed by atoms with Crippen molar-refractivity contribution in [2.24, 2.45) is 0 Å². The number of nitrogens with one attached hydrogen (secondary N) is 2. The SMILES string of the molecule is CCC1(c2ccccc2)C(=O)NC(=O)NC1=O.[Na]. The number of amides is 4. The molecule has 0 spiro atoms. The van der Waals surface area contributed by atoms with E-state index in [1.807, 2.05) is 0 Å². The molecule has 5 nitrogen and oxygen atoms in total. The molecule has 2 rings (SSSR count). The quantitative estimate of drug-likeness (QED) is 0.590. The summed E-state index contributed by atoms with van der Waals surface area (Å²) in [6.45, 7) is 1.74. The summed E-state index contributed by atoms with van der Waals surface area (Å²) in [6.07, 6.45) is 0.294. The van der Waals surface area contributed by atoms with Crippen molar-refractivity contribution in [2.45, 2.75) is 18.8 Å². The van der Waals surface area contributed by atoms with Crippen LogP contribution in [0.1, 0.15) is 18.9 Å². The molecule has 1 fully saturated rings. The standard InChI is InChI=1S/C12H12N2O3.Na/c1-2-12(8-6-4-3-5-7-8)9(15)13-11(17)14-10(12)16;/h3-7H,2H2,1H3,(H2,13,14,15,16,17);. The van der Waals surface area contributed by atoms with Crippen molar-refractivity contribution in [1.29, 1.82) is 0 Å². The fourth-order valence-corrected chi connectivity index (χ4v) is 2.06. The van der Waals surface area contributed by atoms with Gasteiger partial charge in [-0.05, 0) is 12.0 Å². The Morgan fingerprint density at radius 3 is 1.94 bits per heavy atom. The molecule has 0 saturated carbocycles. The first-order valence-corrected chi connectivity index (χ1v) is 5.33. The van der Waals surface area contributed by atoms with Gasteiger partial charge in [0.2, 0.25) is 11.8 Å². The molecule has 0 atom stereocenters. The number of barbiturate groups is 1. The second kappa shape index (κ2) is 5.65. The first kappa shape index (κ1) is 14.9. The molecule has 1 heterocycles. The van der Waals surface area contributed by atoms with Gasteiger partial charge in [-0.25, -0.2) is 4.79 Å². The average molecular weight is 255 g/mol. The maximum absolute atomic E-state index is 12.0. The molecule has 0 aromatic heterocycles. The van der Waals surface area contributed by atoms with Gasteiger partial charge in [-0.2, -0.15) is 0 Å². The Balaban J connectivity index is 0.00000162. The van der Waals surface area contributed by atoms with Crippen molar-refractivity contribution in [3.8, 4) is 0 Å². The molecule has 2 N–H and O–H groups in total. The van der Waals surface area contributed by atoms with Gasteiger partial charge in [0.25, 0.3) is 0 Å². The summed E-state index contributed by atoms with van der Waals surface area (Å²) < 4.78 is 0. The first-order chi connectivity index (χ1) is 8.11. The minimum Gasteiger partial charge on any atom is -0.277 e. The topological polar surface area (TPSA) is 75.3 Å². The molecule has 0 unspecified atom stereocenters. The van der Waals surface area contributed by atoms with E-state index in [9.17, 15) is 14.4 Å². The van der Waals surface area contributed by atoms with Crippen LogP contribution in [0.15, 0.2) is 30.3 Å². The molecular weight excluding hydrogens is 243 g/mol. The third-order valence-electron chi connectivity index (χ3n) is 3.03. The van der Waals surface area contributed by atoms with Crippen molar-refractivity contribution in [1.82, 2.24) is 10.6 Å². The van der Waals surface area contributed by atoms with Gasteiger partial charge in [0.05, 0.1) is 0 Å². The number of rotatable bonds is 2. The summed E-state index contributed by atoms with van der Waals surface area (Å²) in [7, 11) is 0. The third kappa shape index (κ3) is 2.21. The molecule has 1 aliphatic heterocycles. The molecule has 1 saturated heterocycles. The smallest absolute Gasteiger partial charge is 0.277 e. The normalized spacial score (nSPS) is 17.5. The van der Waals surface area contributed by atoms with Crippen LogP contribution in [0.3, 0.4) is 0 Å². The minimum atomic E-state index is -1.31. The second-order valence-electron chi connectivity index (χ2n) is 3.86.